The average molecular weight is 282 g/mol. The van der Waals surface area contributed by atoms with E-state index in [4.69, 9.17) is 0 Å². The van der Waals surface area contributed by atoms with Crippen LogP contribution in [0.1, 0.15) is 30.4 Å². The van der Waals surface area contributed by atoms with Gasteiger partial charge in [-0.2, -0.15) is 17.0 Å². The lowest BCUT2D eigenvalue weighted by Gasteiger charge is -2.24. The molecule has 0 unspecified atom stereocenters. The lowest BCUT2D eigenvalue weighted by molar-refractivity contribution is 0.371. The van der Waals surface area contributed by atoms with Crippen molar-refractivity contribution in [3.8, 4) is 0 Å². The molecule has 106 valence electrons. The smallest absolute Gasteiger partial charge is 0.195 e. The van der Waals surface area contributed by atoms with E-state index in [1.807, 2.05) is 19.1 Å². The molecule has 1 aromatic carbocycles. The molecule has 1 aliphatic rings. The van der Waals surface area contributed by atoms with E-state index >= 15 is 0 Å². The molecule has 1 fully saturated rings. The van der Waals surface area contributed by atoms with Crippen LogP contribution in [0, 0.1) is 6.92 Å². The SMILES string of the molecule is Cc1ccccc1[C@@H]1C[C@H](C)N(S(=O)(=O)N(C)C)C1. The normalized spacial score (nSPS) is 25.1. The maximum atomic E-state index is 12.3. The molecule has 0 aliphatic carbocycles. The van der Waals surface area contributed by atoms with Crippen molar-refractivity contribution in [2.24, 2.45) is 0 Å². The Morgan fingerprint density at radius 2 is 1.89 bits per heavy atom. The molecule has 5 heteroatoms. The van der Waals surface area contributed by atoms with E-state index in [0.29, 0.717) is 12.5 Å². The Hall–Kier alpha value is -0.910. The van der Waals surface area contributed by atoms with Gasteiger partial charge in [-0.3, -0.25) is 0 Å². The Morgan fingerprint density at radius 3 is 2.47 bits per heavy atom. The molecule has 0 bridgehead atoms. The lowest BCUT2D eigenvalue weighted by Crippen LogP contribution is -2.41. The minimum atomic E-state index is -3.31. The molecule has 0 amide bonds. The minimum absolute atomic E-state index is 0.0528. The molecule has 19 heavy (non-hydrogen) atoms. The molecule has 0 N–H and O–H groups in total. The van der Waals surface area contributed by atoms with Crippen LogP contribution in [0.5, 0.6) is 0 Å². The summed E-state index contributed by atoms with van der Waals surface area (Å²) in [6.07, 6.45) is 0.887. The van der Waals surface area contributed by atoms with Crippen molar-refractivity contribution < 1.29 is 8.42 Å². The summed E-state index contributed by atoms with van der Waals surface area (Å²) >= 11 is 0. The van der Waals surface area contributed by atoms with Crippen LogP contribution in [-0.2, 0) is 10.2 Å². The van der Waals surface area contributed by atoms with Crippen molar-refractivity contribution in [3.63, 3.8) is 0 Å². The maximum absolute atomic E-state index is 12.3. The molecular formula is C14H22N2O2S. The first-order chi connectivity index (χ1) is 8.84. The number of hydrogen-bond acceptors (Lipinski definition) is 2. The van der Waals surface area contributed by atoms with E-state index in [1.165, 1.54) is 15.4 Å². The van der Waals surface area contributed by atoms with Crippen molar-refractivity contribution in [2.75, 3.05) is 20.6 Å². The van der Waals surface area contributed by atoms with Gasteiger partial charge in [0.15, 0.2) is 0 Å². The van der Waals surface area contributed by atoms with Crippen LogP contribution in [-0.4, -0.2) is 43.7 Å². The molecule has 2 atom stereocenters. The van der Waals surface area contributed by atoms with Crippen LogP contribution in [0.4, 0.5) is 0 Å². The molecular weight excluding hydrogens is 260 g/mol. The van der Waals surface area contributed by atoms with Crippen LogP contribution in [0.2, 0.25) is 0 Å². The fraction of sp³-hybridized carbons (Fsp3) is 0.571. The molecule has 0 radical (unpaired) electrons. The Balaban J connectivity index is 2.26. The summed E-state index contributed by atoms with van der Waals surface area (Å²) in [7, 11) is -0.140. The molecule has 1 heterocycles. The van der Waals surface area contributed by atoms with Crippen LogP contribution in [0.3, 0.4) is 0 Å². The summed E-state index contributed by atoms with van der Waals surface area (Å²) in [6, 6.07) is 8.29. The number of nitrogens with zero attached hydrogens (tertiary/aromatic N) is 2. The minimum Gasteiger partial charge on any atom is -0.195 e. The van der Waals surface area contributed by atoms with Crippen molar-refractivity contribution in [3.05, 3.63) is 35.4 Å². The van der Waals surface area contributed by atoms with Gasteiger partial charge in [0, 0.05) is 26.7 Å². The Labute approximate surface area is 116 Å². The van der Waals surface area contributed by atoms with Gasteiger partial charge in [0.25, 0.3) is 10.2 Å². The molecule has 1 saturated heterocycles. The predicted octanol–water partition coefficient (Wildman–Crippen LogP) is 1.98. The topological polar surface area (TPSA) is 40.6 Å². The van der Waals surface area contributed by atoms with Crippen molar-refractivity contribution in [1.29, 1.82) is 0 Å². The first-order valence-electron chi connectivity index (χ1n) is 6.59. The quantitative estimate of drug-likeness (QED) is 0.850. The second kappa shape index (κ2) is 5.23. The summed E-state index contributed by atoms with van der Waals surface area (Å²) < 4.78 is 27.4. The predicted molar refractivity (Wildman–Crippen MR) is 77.3 cm³/mol. The average Bonchev–Trinajstić information content (AvgIpc) is 2.72. The van der Waals surface area contributed by atoms with Crippen LogP contribution in [0.25, 0.3) is 0 Å². The third-order valence-corrected chi connectivity index (χ3v) is 5.93. The fourth-order valence-corrected chi connectivity index (χ4v) is 4.13. The molecule has 0 aromatic heterocycles. The van der Waals surface area contributed by atoms with E-state index in [1.54, 1.807) is 18.4 Å². The molecule has 0 saturated carbocycles. The standard InChI is InChI=1S/C14H22N2O2S/c1-11-7-5-6-8-14(11)13-9-12(2)16(10-13)19(17,18)15(3)4/h5-8,12-13H,9-10H2,1-4H3/t12-,13+/m0/s1. The highest BCUT2D eigenvalue weighted by atomic mass is 32.2. The second-order valence-corrected chi connectivity index (χ2v) is 7.59. The zero-order valence-corrected chi connectivity index (χ0v) is 12.8. The van der Waals surface area contributed by atoms with Crippen molar-refractivity contribution >= 4 is 10.2 Å². The fourth-order valence-electron chi connectivity index (χ4n) is 2.80. The van der Waals surface area contributed by atoms with Crippen LogP contribution >= 0.6 is 0 Å². The molecule has 1 aromatic rings. The Morgan fingerprint density at radius 1 is 1.26 bits per heavy atom. The third kappa shape index (κ3) is 2.68. The monoisotopic (exact) mass is 282 g/mol. The van der Waals surface area contributed by atoms with Crippen LogP contribution < -0.4 is 0 Å². The summed E-state index contributed by atoms with van der Waals surface area (Å²) in [4.78, 5) is 0. The van der Waals surface area contributed by atoms with Gasteiger partial charge in [-0.1, -0.05) is 24.3 Å². The largest absolute Gasteiger partial charge is 0.281 e. The molecule has 2 rings (SSSR count). The van der Waals surface area contributed by atoms with Gasteiger partial charge >= 0.3 is 0 Å². The van der Waals surface area contributed by atoms with Gasteiger partial charge in [0.05, 0.1) is 0 Å². The Bertz CT molecular complexity index is 554. The van der Waals surface area contributed by atoms with Crippen LogP contribution in [0.15, 0.2) is 24.3 Å². The highest BCUT2D eigenvalue weighted by Gasteiger charge is 2.38. The van der Waals surface area contributed by atoms with Gasteiger partial charge in [-0.05, 0) is 37.3 Å². The van der Waals surface area contributed by atoms with Gasteiger partial charge in [-0.15, -0.1) is 0 Å². The van der Waals surface area contributed by atoms with Crippen molar-refractivity contribution in [1.82, 2.24) is 8.61 Å². The van der Waals surface area contributed by atoms with Crippen molar-refractivity contribution in [2.45, 2.75) is 32.2 Å². The van der Waals surface area contributed by atoms with E-state index in [0.717, 1.165) is 6.42 Å². The van der Waals surface area contributed by atoms with Gasteiger partial charge in [0.1, 0.15) is 0 Å². The number of rotatable bonds is 3. The highest BCUT2D eigenvalue weighted by molar-refractivity contribution is 7.86. The van der Waals surface area contributed by atoms with E-state index in [9.17, 15) is 8.42 Å². The van der Waals surface area contributed by atoms with Gasteiger partial charge < -0.3 is 0 Å². The van der Waals surface area contributed by atoms with E-state index < -0.39 is 10.2 Å². The maximum Gasteiger partial charge on any atom is 0.281 e. The summed E-state index contributed by atoms with van der Waals surface area (Å²) in [5.74, 6) is 0.297. The number of benzene rings is 1. The summed E-state index contributed by atoms with van der Waals surface area (Å²) in [5, 5.41) is 0. The van der Waals surface area contributed by atoms with E-state index in [2.05, 4.69) is 19.1 Å². The summed E-state index contributed by atoms with van der Waals surface area (Å²) in [5.41, 5.74) is 2.51. The Kier molecular flexibility index (Phi) is 3.99. The zero-order valence-electron chi connectivity index (χ0n) is 12.0. The number of aryl methyl sites for hydroxylation is 1. The van der Waals surface area contributed by atoms with E-state index in [-0.39, 0.29) is 6.04 Å². The van der Waals surface area contributed by atoms with Gasteiger partial charge in [0.2, 0.25) is 0 Å². The molecule has 0 spiro atoms. The molecule has 1 aliphatic heterocycles. The zero-order chi connectivity index (χ0) is 14.2. The second-order valence-electron chi connectivity index (χ2n) is 5.50. The first kappa shape index (κ1) is 14.5. The third-order valence-electron chi connectivity index (χ3n) is 3.90. The number of hydrogen-bond donors (Lipinski definition) is 0. The lowest BCUT2D eigenvalue weighted by atomic mass is 9.93. The van der Waals surface area contributed by atoms with Gasteiger partial charge in [-0.25, -0.2) is 0 Å². The molecule has 4 nitrogen and oxygen atoms in total. The summed E-state index contributed by atoms with van der Waals surface area (Å²) in [6.45, 7) is 4.65. The first-order valence-corrected chi connectivity index (χ1v) is 7.98. The highest BCUT2D eigenvalue weighted by Crippen LogP contribution is 2.35.